The molecule has 1 atom stereocenters. The van der Waals surface area contributed by atoms with E-state index in [-0.39, 0.29) is 28.4 Å². The molecular formula is C19H28N2O4. The van der Waals surface area contributed by atoms with Crippen molar-refractivity contribution in [1.82, 2.24) is 10.6 Å². The quantitative estimate of drug-likeness (QED) is 0.879. The first-order valence-electron chi connectivity index (χ1n) is 8.59. The van der Waals surface area contributed by atoms with Gasteiger partial charge in [0, 0.05) is 23.9 Å². The zero-order valence-corrected chi connectivity index (χ0v) is 16.1. The van der Waals surface area contributed by atoms with Gasteiger partial charge >= 0.3 is 0 Å². The number of fused-ring (bicyclic) bond motifs is 1. The molecule has 1 aliphatic carbocycles. The minimum Gasteiger partial charge on any atom is -0.455 e. The van der Waals surface area contributed by atoms with E-state index in [1.165, 1.54) is 0 Å². The molecule has 1 aliphatic rings. The Kier molecular flexibility index (Phi) is 4.86. The molecule has 6 heteroatoms. The van der Waals surface area contributed by atoms with E-state index in [1.54, 1.807) is 13.8 Å². The molecule has 2 N–H and O–H groups in total. The molecular weight excluding hydrogens is 320 g/mol. The summed E-state index contributed by atoms with van der Waals surface area (Å²) in [6.45, 7) is 13.0. The summed E-state index contributed by atoms with van der Waals surface area (Å²) < 4.78 is 5.72. The minimum atomic E-state index is -0.708. The molecule has 2 rings (SSSR count). The summed E-state index contributed by atoms with van der Waals surface area (Å²) in [5.41, 5.74) is 0.517. The van der Waals surface area contributed by atoms with E-state index in [0.29, 0.717) is 29.7 Å². The lowest BCUT2D eigenvalue weighted by molar-refractivity contribution is -0.124. The summed E-state index contributed by atoms with van der Waals surface area (Å²) in [4.78, 5) is 37.1. The van der Waals surface area contributed by atoms with Crippen LogP contribution < -0.4 is 10.6 Å². The van der Waals surface area contributed by atoms with Crippen molar-refractivity contribution in [2.45, 2.75) is 72.9 Å². The smallest absolute Gasteiger partial charge is 0.287 e. The second-order valence-corrected chi connectivity index (χ2v) is 8.73. The number of furan rings is 1. The molecule has 0 aromatic carbocycles. The molecule has 0 radical (unpaired) electrons. The highest BCUT2D eigenvalue weighted by Gasteiger charge is 2.37. The predicted octanol–water partition coefficient (Wildman–Crippen LogP) is 2.78. The summed E-state index contributed by atoms with van der Waals surface area (Å²) in [6.07, 6.45) is 1.05. The number of amides is 2. The highest BCUT2D eigenvalue weighted by atomic mass is 16.4. The van der Waals surface area contributed by atoms with Crippen molar-refractivity contribution in [2.24, 2.45) is 5.41 Å². The Morgan fingerprint density at radius 3 is 2.36 bits per heavy atom. The van der Waals surface area contributed by atoms with Gasteiger partial charge in [0.05, 0.1) is 5.56 Å². The van der Waals surface area contributed by atoms with Crippen LogP contribution in [0.15, 0.2) is 4.42 Å². The first-order chi connectivity index (χ1) is 11.3. The van der Waals surface area contributed by atoms with Gasteiger partial charge in [0.1, 0.15) is 11.8 Å². The van der Waals surface area contributed by atoms with E-state index < -0.39 is 11.9 Å². The van der Waals surface area contributed by atoms with Gasteiger partial charge in [0.25, 0.3) is 5.91 Å². The third-order valence-corrected chi connectivity index (χ3v) is 4.22. The van der Waals surface area contributed by atoms with Crippen LogP contribution in [-0.4, -0.2) is 29.2 Å². The van der Waals surface area contributed by atoms with Gasteiger partial charge in [-0.2, -0.15) is 0 Å². The van der Waals surface area contributed by atoms with Crippen molar-refractivity contribution in [1.29, 1.82) is 0 Å². The van der Waals surface area contributed by atoms with E-state index in [4.69, 9.17) is 4.42 Å². The zero-order chi connectivity index (χ0) is 19.2. The lowest BCUT2D eigenvalue weighted by atomic mass is 9.76. The molecule has 0 saturated carbocycles. The highest BCUT2D eigenvalue weighted by molar-refractivity contribution is 6.04. The van der Waals surface area contributed by atoms with Crippen LogP contribution in [-0.2, 0) is 11.2 Å². The Bertz CT molecular complexity index is 723. The average molecular weight is 348 g/mol. The van der Waals surface area contributed by atoms with Crippen molar-refractivity contribution in [3.05, 3.63) is 22.6 Å². The Morgan fingerprint density at radius 2 is 1.80 bits per heavy atom. The SMILES string of the molecule is Cc1c(C(=O)N[C@@H](C)C(=O)NC(C)(C)C)oc2c1C(=O)CC(C)(C)C2. The Morgan fingerprint density at radius 1 is 1.20 bits per heavy atom. The third kappa shape index (κ3) is 4.30. The van der Waals surface area contributed by atoms with Gasteiger partial charge in [0.15, 0.2) is 11.5 Å². The van der Waals surface area contributed by atoms with Crippen LogP contribution in [0.5, 0.6) is 0 Å². The molecule has 138 valence electrons. The monoisotopic (exact) mass is 348 g/mol. The molecule has 0 bridgehead atoms. The fourth-order valence-corrected chi connectivity index (χ4v) is 3.10. The molecule has 0 aliphatic heterocycles. The summed E-state index contributed by atoms with van der Waals surface area (Å²) in [7, 11) is 0. The van der Waals surface area contributed by atoms with Crippen LogP contribution in [0.2, 0.25) is 0 Å². The summed E-state index contributed by atoms with van der Waals surface area (Å²) >= 11 is 0. The molecule has 0 spiro atoms. The maximum absolute atomic E-state index is 12.5. The number of rotatable bonds is 3. The van der Waals surface area contributed by atoms with Crippen molar-refractivity contribution in [2.75, 3.05) is 0 Å². The molecule has 1 aromatic heterocycles. The second-order valence-electron chi connectivity index (χ2n) is 8.73. The van der Waals surface area contributed by atoms with Gasteiger partial charge in [-0.05, 0) is 40.0 Å². The minimum absolute atomic E-state index is 0.00470. The topological polar surface area (TPSA) is 88.4 Å². The number of ketones is 1. The fourth-order valence-electron chi connectivity index (χ4n) is 3.10. The van der Waals surface area contributed by atoms with Crippen LogP contribution in [0.25, 0.3) is 0 Å². The second kappa shape index (κ2) is 6.32. The van der Waals surface area contributed by atoms with E-state index in [0.717, 1.165) is 0 Å². The van der Waals surface area contributed by atoms with Crippen LogP contribution >= 0.6 is 0 Å². The number of nitrogens with one attached hydrogen (secondary N) is 2. The third-order valence-electron chi connectivity index (χ3n) is 4.22. The van der Waals surface area contributed by atoms with Gasteiger partial charge in [0.2, 0.25) is 5.91 Å². The molecule has 1 heterocycles. The molecule has 0 unspecified atom stereocenters. The summed E-state index contributed by atoms with van der Waals surface area (Å²) in [6, 6.07) is -0.708. The van der Waals surface area contributed by atoms with E-state index in [1.807, 2.05) is 34.6 Å². The summed E-state index contributed by atoms with van der Waals surface area (Å²) in [5, 5.41) is 5.47. The lowest BCUT2D eigenvalue weighted by Crippen LogP contribution is -2.50. The number of hydrogen-bond acceptors (Lipinski definition) is 4. The number of carbonyl (C=O) groups excluding carboxylic acids is 3. The van der Waals surface area contributed by atoms with Crippen molar-refractivity contribution < 1.29 is 18.8 Å². The molecule has 0 saturated heterocycles. The van der Waals surface area contributed by atoms with Gasteiger partial charge in [-0.1, -0.05) is 13.8 Å². The maximum Gasteiger partial charge on any atom is 0.287 e. The number of carbonyl (C=O) groups is 3. The first kappa shape index (κ1) is 19.2. The number of Topliss-reactive ketones (excluding diaryl/α,β-unsaturated/α-hetero) is 1. The largest absolute Gasteiger partial charge is 0.455 e. The summed E-state index contributed by atoms with van der Waals surface area (Å²) in [5.74, 6) is -0.0617. The Balaban J connectivity index is 2.19. The Hall–Kier alpha value is -2.11. The predicted molar refractivity (Wildman–Crippen MR) is 94.7 cm³/mol. The highest BCUT2D eigenvalue weighted by Crippen LogP contribution is 2.38. The maximum atomic E-state index is 12.5. The van der Waals surface area contributed by atoms with Crippen LogP contribution in [0, 0.1) is 12.3 Å². The molecule has 2 amide bonds. The molecule has 6 nitrogen and oxygen atoms in total. The first-order valence-corrected chi connectivity index (χ1v) is 8.59. The van der Waals surface area contributed by atoms with Gasteiger partial charge in [-0.25, -0.2) is 0 Å². The van der Waals surface area contributed by atoms with Gasteiger partial charge in [-0.3, -0.25) is 14.4 Å². The zero-order valence-electron chi connectivity index (χ0n) is 16.1. The Labute approximate surface area is 148 Å². The fraction of sp³-hybridized carbons (Fsp3) is 0.632. The van der Waals surface area contributed by atoms with Crippen molar-refractivity contribution in [3.8, 4) is 0 Å². The molecule has 1 aromatic rings. The molecule has 0 fully saturated rings. The lowest BCUT2D eigenvalue weighted by Gasteiger charge is -2.27. The average Bonchev–Trinajstić information content (AvgIpc) is 2.72. The van der Waals surface area contributed by atoms with E-state index in [2.05, 4.69) is 10.6 Å². The van der Waals surface area contributed by atoms with Crippen molar-refractivity contribution >= 4 is 17.6 Å². The number of hydrogen-bond donors (Lipinski definition) is 2. The van der Waals surface area contributed by atoms with Gasteiger partial charge < -0.3 is 15.1 Å². The van der Waals surface area contributed by atoms with Gasteiger partial charge in [-0.15, -0.1) is 0 Å². The van der Waals surface area contributed by atoms with Crippen LogP contribution in [0.1, 0.15) is 80.2 Å². The van der Waals surface area contributed by atoms with Crippen LogP contribution in [0.4, 0.5) is 0 Å². The van der Waals surface area contributed by atoms with Crippen molar-refractivity contribution in [3.63, 3.8) is 0 Å². The van der Waals surface area contributed by atoms with Crippen LogP contribution in [0.3, 0.4) is 0 Å². The normalized spacial score (nSPS) is 17.6. The van der Waals surface area contributed by atoms with E-state index >= 15 is 0 Å². The molecule has 25 heavy (non-hydrogen) atoms. The standard InChI is InChI=1S/C19H28N2O4/c1-10-14-12(22)8-19(6,7)9-13(14)25-15(10)17(24)20-11(2)16(23)21-18(3,4)5/h11H,8-9H2,1-7H3,(H,20,24)(H,21,23)/t11-/m0/s1. The van der Waals surface area contributed by atoms with E-state index in [9.17, 15) is 14.4 Å².